The summed E-state index contributed by atoms with van der Waals surface area (Å²) in [6.07, 6.45) is 1.80. The topological polar surface area (TPSA) is 87.7 Å². The Morgan fingerprint density at radius 3 is 2.56 bits per heavy atom. The smallest absolute Gasteiger partial charge is 0.246 e. The predicted octanol–water partition coefficient (Wildman–Crippen LogP) is 2.48. The Labute approximate surface area is 168 Å². The number of anilines is 1. The van der Waals surface area contributed by atoms with E-state index < -0.39 is 10.0 Å². The first-order valence-corrected chi connectivity index (χ1v) is 10.7. The molecule has 1 aromatic rings. The van der Waals surface area contributed by atoms with Gasteiger partial charge in [0.1, 0.15) is 10.6 Å². The fourth-order valence-corrected chi connectivity index (χ4v) is 4.70. The average molecular weight is 420 g/mol. The van der Waals surface area contributed by atoms with E-state index in [4.69, 9.17) is 4.74 Å². The van der Waals surface area contributed by atoms with Crippen LogP contribution in [0.15, 0.2) is 23.1 Å². The lowest BCUT2D eigenvalue weighted by Gasteiger charge is -2.23. The number of amides is 1. The molecule has 0 radical (unpaired) electrons. The molecule has 27 heavy (non-hydrogen) atoms. The van der Waals surface area contributed by atoms with Crippen molar-refractivity contribution in [3.63, 3.8) is 0 Å². The van der Waals surface area contributed by atoms with Gasteiger partial charge in [0, 0.05) is 25.3 Å². The third-order valence-electron chi connectivity index (χ3n) is 4.50. The van der Waals surface area contributed by atoms with Crippen LogP contribution in [0.25, 0.3) is 0 Å². The molecule has 9 heteroatoms. The van der Waals surface area contributed by atoms with Crippen molar-refractivity contribution in [3.05, 3.63) is 18.2 Å². The van der Waals surface area contributed by atoms with E-state index in [-0.39, 0.29) is 29.1 Å². The fraction of sp³-hybridized carbons (Fsp3) is 0.611. The summed E-state index contributed by atoms with van der Waals surface area (Å²) in [4.78, 5) is 12.5. The van der Waals surface area contributed by atoms with Gasteiger partial charge in [0.25, 0.3) is 0 Å². The maximum absolute atomic E-state index is 13.0. The van der Waals surface area contributed by atoms with Crippen LogP contribution in [0.1, 0.15) is 33.6 Å². The zero-order valence-corrected chi connectivity index (χ0v) is 17.8. The molecule has 1 saturated heterocycles. The number of benzene rings is 1. The summed E-state index contributed by atoms with van der Waals surface area (Å²) >= 11 is 0. The Hall–Kier alpha value is -1.35. The summed E-state index contributed by atoms with van der Waals surface area (Å²) in [5.74, 6) is 0.113. The highest BCUT2D eigenvalue weighted by atomic mass is 35.5. The number of sulfonamides is 1. The molecule has 1 amide bonds. The van der Waals surface area contributed by atoms with Crippen LogP contribution >= 0.6 is 12.4 Å². The van der Waals surface area contributed by atoms with E-state index in [0.717, 1.165) is 19.4 Å². The van der Waals surface area contributed by atoms with Crippen molar-refractivity contribution >= 4 is 34.0 Å². The molecule has 2 rings (SSSR count). The first kappa shape index (κ1) is 23.7. The largest absolute Gasteiger partial charge is 0.492 e. The predicted molar refractivity (Wildman–Crippen MR) is 109 cm³/mol. The van der Waals surface area contributed by atoms with Gasteiger partial charge < -0.3 is 15.4 Å². The molecule has 1 unspecified atom stereocenters. The fourth-order valence-electron chi connectivity index (χ4n) is 3.08. The number of hydrogen-bond acceptors (Lipinski definition) is 5. The summed E-state index contributed by atoms with van der Waals surface area (Å²) < 4.78 is 32.8. The second kappa shape index (κ2) is 10.8. The van der Waals surface area contributed by atoms with Crippen LogP contribution in [0, 0.1) is 5.92 Å². The third-order valence-corrected chi connectivity index (χ3v) is 6.57. The lowest BCUT2D eigenvalue weighted by atomic mass is 9.99. The van der Waals surface area contributed by atoms with Crippen molar-refractivity contribution in [3.8, 4) is 5.75 Å². The quantitative estimate of drug-likeness (QED) is 0.675. The SMILES string of the molecule is CCOc1ccc(NC(=O)C2CCCNC2)cc1S(=O)(=O)N(CC)CC.Cl. The number of hydrogen-bond donors (Lipinski definition) is 2. The van der Waals surface area contributed by atoms with Gasteiger partial charge >= 0.3 is 0 Å². The van der Waals surface area contributed by atoms with E-state index >= 15 is 0 Å². The van der Waals surface area contributed by atoms with Gasteiger partial charge in [0.05, 0.1) is 12.5 Å². The zero-order valence-electron chi connectivity index (χ0n) is 16.2. The number of carbonyl (C=O) groups is 1. The van der Waals surface area contributed by atoms with E-state index in [2.05, 4.69) is 10.6 Å². The van der Waals surface area contributed by atoms with Gasteiger partial charge in [0.2, 0.25) is 15.9 Å². The highest BCUT2D eigenvalue weighted by molar-refractivity contribution is 7.89. The minimum atomic E-state index is -3.69. The number of nitrogens with zero attached hydrogens (tertiary/aromatic N) is 1. The van der Waals surface area contributed by atoms with Gasteiger partial charge in [-0.15, -0.1) is 12.4 Å². The molecule has 154 valence electrons. The molecule has 0 saturated carbocycles. The summed E-state index contributed by atoms with van der Waals surface area (Å²) in [5.41, 5.74) is 0.467. The van der Waals surface area contributed by atoms with Crippen molar-refractivity contribution in [2.45, 2.75) is 38.5 Å². The zero-order chi connectivity index (χ0) is 19.2. The van der Waals surface area contributed by atoms with Gasteiger partial charge in [-0.2, -0.15) is 4.31 Å². The molecule has 0 bridgehead atoms. The van der Waals surface area contributed by atoms with Crippen molar-refractivity contribution in [2.24, 2.45) is 5.92 Å². The second-order valence-corrected chi connectivity index (χ2v) is 8.12. The first-order valence-electron chi connectivity index (χ1n) is 9.22. The monoisotopic (exact) mass is 419 g/mol. The lowest BCUT2D eigenvalue weighted by Crippen LogP contribution is -2.37. The third kappa shape index (κ3) is 5.81. The van der Waals surface area contributed by atoms with Crippen LogP contribution in [0.4, 0.5) is 5.69 Å². The Kier molecular flexibility index (Phi) is 9.52. The van der Waals surface area contributed by atoms with Gasteiger partial charge in [0.15, 0.2) is 0 Å². The summed E-state index contributed by atoms with van der Waals surface area (Å²) in [5, 5.41) is 6.06. The van der Waals surface area contributed by atoms with E-state index in [1.165, 1.54) is 10.4 Å². The van der Waals surface area contributed by atoms with E-state index in [1.807, 2.05) is 0 Å². The van der Waals surface area contributed by atoms with Crippen LogP contribution in [0.5, 0.6) is 5.75 Å². The van der Waals surface area contributed by atoms with Crippen molar-refractivity contribution in [2.75, 3.05) is 38.1 Å². The maximum atomic E-state index is 13.0. The van der Waals surface area contributed by atoms with Gasteiger partial charge in [-0.3, -0.25) is 4.79 Å². The minimum absolute atomic E-state index is 0. The lowest BCUT2D eigenvalue weighted by molar-refractivity contribution is -0.120. The Morgan fingerprint density at radius 1 is 1.30 bits per heavy atom. The molecule has 2 N–H and O–H groups in total. The minimum Gasteiger partial charge on any atom is -0.492 e. The van der Waals surface area contributed by atoms with E-state index in [9.17, 15) is 13.2 Å². The van der Waals surface area contributed by atoms with E-state index in [0.29, 0.717) is 37.7 Å². The Bertz CT molecular complexity index is 717. The standard InChI is InChI=1S/C18H29N3O4S.ClH/c1-4-21(5-2)26(23,24)17-12-15(9-10-16(17)25-6-3)20-18(22)14-8-7-11-19-13-14;/h9-10,12,14,19H,4-8,11,13H2,1-3H3,(H,20,22);1H. The van der Waals surface area contributed by atoms with Gasteiger partial charge in [-0.25, -0.2) is 8.42 Å². The number of rotatable bonds is 8. The molecule has 1 aliphatic heterocycles. The number of ether oxygens (including phenoxy) is 1. The average Bonchev–Trinajstić information content (AvgIpc) is 2.64. The maximum Gasteiger partial charge on any atom is 0.246 e. The summed E-state index contributed by atoms with van der Waals surface area (Å²) in [7, 11) is -3.69. The first-order chi connectivity index (χ1) is 12.4. The summed E-state index contributed by atoms with van der Waals surface area (Å²) in [6.45, 7) is 8.07. The van der Waals surface area contributed by atoms with Crippen LogP contribution < -0.4 is 15.4 Å². The highest BCUT2D eigenvalue weighted by Gasteiger charge is 2.27. The number of piperidine rings is 1. The molecular formula is C18H30ClN3O4S. The van der Waals surface area contributed by atoms with E-state index in [1.54, 1.807) is 32.9 Å². The normalized spacial score (nSPS) is 17.3. The molecule has 0 aliphatic carbocycles. The van der Waals surface area contributed by atoms with Crippen LogP contribution in [0.2, 0.25) is 0 Å². The molecule has 1 aliphatic rings. The van der Waals surface area contributed by atoms with Gasteiger partial charge in [-0.1, -0.05) is 13.8 Å². The molecule has 7 nitrogen and oxygen atoms in total. The Morgan fingerprint density at radius 2 is 2.00 bits per heavy atom. The highest BCUT2D eigenvalue weighted by Crippen LogP contribution is 2.30. The molecule has 1 atom stereocenters. The van der Waals surface area contributed by atoms with Crippen LogP contribution in [0.3, 0.4) is 0 Å². The molecule has 0 spiro atoms. The number of carbonyl (C=O) groups excluding carboxylic acids is 1. The molecule has 0 aromatic heterocycles. The second-order valence-electron chi connectivity index (χ2n) is 6.22. The number of halogens is 1. The molecule has 1 aromatic carbocycles. The summed E-state index contributed by atoms with van der Waals surface area (Å²) in [6, 6.07) is 4.78. The molecular weight excluding hydrogens is 390 g/mol. The van der Waals surface area contributed by atoms with Gasteiger partial charge in [-0.05, 0) is 44.5 Å². The number of nitrogens with one attached hydrogen (secondary N) is 2. The van der Waals surface area contributed by atoms with Crippen LogP contribution in [-0.2, 0) is 14.8 Å². The van der Waals surface area contributed by atoms with Crippen LogP contribution in [-0.4, -0.2) is 51.4 Å². The van der Waals surface area contributed by atoms with Crippen molar-refractivity contribution < 1.29 is 17.9 Å². The molecule has 1 fully saturated rings. The Balaban J connectivity index is 0.00000364. The molecule has 1 heterocycles. The van der Waals surface area contributed by atoms with Crippen molar-refractivity contribution in [1.29, 1.82) is 0 Å². The van der Waals surface area contributed by atoms with Crippen molar-refractivity contribution in [1.82, 2.24) is 9.62 Å².